The van der Waals surface area contributed by atoms with Gasteiger partial charge in [0.25, 0.3) is 0 Å². The highest BCUT2D eigenvalue weighted by atomic mass is 35.5. The van der Waals surface area contributed by atoms with Crippen molar-refractivity contribution in [3.05, 3.63) is 39.9 Å². The molecule has 1 aliphatic heterocycles. The first-order valence-corrected chi connectivity index (χ1v) is 9.31. The summed E-state index contributed by atoms with van der Waals surface area (Å²) in [6.45, 7) is 0.900. The van der Waals surface area contributed by atoms with Crippen LogP contribution in [0.1, 0.15) is 24.0 Å². The molecule has 0 atom stereocenters. The molecule has 0 aliphatic carbocycles. The standard InChI is InChI=1S/C17H14ClF3N4OS/c18-13-7-12(17(19,20)21)9-23-14(13)25-4-1-10(2-5-25)15(26)24-16-11(8-22)3-6-27-16/h3,6-7,9-10H,1-2,4-5H2,(H,24,26). The lowest BCUT2D eigenvalue weighted by Gasteiger charge is -2.32. The number of hydrogen-bond acceptors (Lipinski definition) is 5. The summed E-state index contributed by atoms with van der Waals surface area (Å²) >= 11 is 7.27. The summed E-state index contributed by atoms with van der Waals surface area (Å²) in [5.41, 5.74) is -0.471. The monoisotopic (exact) mass is 414 g/mol. The van der Waals surface area contributed by atoms with Crippen LogP contribution in [0.2, 0.25) is 5.02 Å². The lowest BCUT2D eigenvalue weighted by molar-refractivity contribution is -0.137. The Morgan fingerprint density at radius 3 is 2.70 bits per heavy atom. The van der Waals surface area contributed by atoms with E-state index in [1.54, 1.807) is 16.3 Å². The second-order valence-electron chi connectivity index (χ2n) is 6.05. The first-order valence-electron chi connectivity index (χ1n) is 8.05. The number of pyridine rings is 1. The first-order chi connectivity index (χ1) is 12.8. The van der Waals surface area contributed by atoms with Gasteiger partial charge in [-0.3, -0.25) is 4.79 Å². The Kier molecular flexibility index (Phi) is 5.58. The number of anilines is 2. The third-order valence-corrected chi connectivity index (χ3v) is 5.44. The van der Waals surface area contributed by atoms with Crippen LogP contribution >= 0.6 is 22.9 Å². The van der Waals surface area contributed by atoms with Crippen molar-refractivity contribution in [2.45, 2.75) is 19.0 Å². The summed E-state index contributed by atoms with van der Waals surface area (Å²) < 4.78 is 38.1. The minimum Gasteiger partial charge on any atom is -0.355 e. The molecule has 2 aromatic heterocycles. The molecule has 0 bridgehead atoms. The van der Waals surface area contributed by atoms with Crippen LogP contribution in [-0.2, 0) is 11.0 Å². The van der Waals surface area contributed by atoms with Gasteiger partial charge in [-0.25, -0.2) is 4.98 Å². The Labute approximate surface area is 162 Å². The first kappa shape index (κ1) is 19.5. The Bertz CT molecular complexity index is 885. The van der Waals surface area contributed by atoms with Gasteiger partial charge >= 0.3 is 6.18 Å². The van der Waals surface area contributed by atoms with Crippen LogP contribution in [0.3, 0.4) is 0 Å². The van der Waals surface area contributed by atoms with Crippen LogP contribution < -0.4 is 10.2 Å². The molecule has 1 aliphatic rings. The van der Waals surface area contributed by atoms with Gasteiger partial charge in [0.15, 0.2) is 0 Å². The van der Waals surface area contributed by atoms with Crippen molar-refractivity contribution >= 4 is 39.7 Å². The Hall–Kier alpha value is -2.31. The molecule has 27 heavy (non-hydrogen) atoms. The Morgan fingerprint density at radius 1 is 1.41 bits per heavy atom. The van der Waals surface area contributed by atoms with Crippen LogP contribution in [0.4, 0.5) is 24.0 Å². The van der Waals surface area contributed by atoms with E-state index in [0.29, 0.717) is 36.5 Å². The van der Waals surface area contributed by atoms with Crippen molar-refractivity contribution < 1.29 is 18.0 Å². The van der Waals surface area contributed by atoms with Gasteiger partial charge in [0.05, 0.1) is 16.1 Å². The minimum atomic E-state index is -4.50. The Morgan fingerprint density at radius 2 is 2.11 bits per heavy atom. The number of rotatable bonds is 3. The molecule has 0 saturated carbocycles. The number of aromatic nitrogens is 1. The molecule has 3 heterocycles. The summed E-state index contributed by atoms with van der Waals surface area (Å²) in [5.74, 6) is -0.128. The number of nitriles is 1. The molecule has 0 spiro atoms. The number of piperidine rings is 1. The van der Waals surface area contributed by atoms with Crippen LogP contribution in [-0.4, -0.2) is 24.0 Å². The lowest BCUT2D eigenvalue weighted by Crippen LogP contribution is -2.38. The number of halogens is 4. The smallest absolute Gasteiger partial charge is 0.355 e. The van der Waals surface area contributed by atoms with Gasteiger partial charge < -0.3 is 10.2 Å². The molecule has 1 N–H and O–H groups in total. The fourth-order valence-electron chi connectivity index (χ4n) is 2.88. The summed E-state index contributed by atoms with van der Waals surface area (Å²) in [4.78, 5) is 18.0. The third kappa shape index (κ3) is 4.34. The molecule has 1 saturated heterocycles. The fourth-order valence-corrected chi connectivity index (χ4v) is 3.91. The maximum Gasteiger partial charge on any atom is 0.417 e. The number of thiophene rings is 1. The van der Waals surface area contributed by atoms with Gasteiger partial charge in [0.2, 0.25) is 5.91 Å². The number of amides is 1. The van der Waals surface area contributed by atoms with Gasteiger partial charge in [0, 0.05) is 25.2 Å². The molecular formula is C17H14ClF3N4OS. The number of alkyl halides is 3. The van der Waals surface area contributed by atoms with Gasteiger partial charge in [-0.15, -0.1) is 11.3 Å². The van der Waals surface area contributed by atoms with E-state index in [2.05, 4.69) is 10.3 Å². The predicted octanol–water partition coefficient (Wildman–Crippen LogP) is 4.54. The fraction of sp³-hybridized carbons (Fsp3) is 0.353. The molecular weight excluding hydrogens is 401 g/mol. The Balaban J connectivity index is 1.62. The van der Waals surface area contributed by atoms with E-state index in [0.717, 1.165) is 12.3 Å². The molecule has 142 valence electrons. The van der Waals surface area contributed by atoms with Crippen molar-refractivity contribution in [2.75, 3.05) is 23.3 Å². The number of nitrogens with one attached hydrogen (secondary N) is 1. The molecule has 1 amide bonds. The normalized spacial score (nSPS) is 15.4. The van der Waals surface area contributed by atoms with E-state index in [1.807, 2.05) is 6.07 Å². The summed E-state index contributed by atoms with van der Waals surface area (Å²) in [5, 5.41) is 14.0. The van der Waals surface area contributed by atoms with Gasteiger partial charge in [-0.2, -0.15) is 18.4 Å². The summed E-state index contributed by atoms with van der Waals surface area (Å²) in [7, 11) is 0. The third-order valence-electron chi connectivity index (χ3n) is 4.34. The van der Waals surface area contributed by atoms with Crippen molar-refractivity contribution in [1.29, 1.82) is 5.26 Å². The van der Waals surface area contributed by atoms with Crippen molar-refractivity contribution in [1.82, 2.24) is 4.98 Å². The zero-order valence-electron chi connectivity index (χ0n) is 13.9. The molecule has 0 radical (unpaired) electrons. The second-order valence-corrected chi connectivity index (χ2v) is 7.38. The number of carbonyl (C=O) groups excluding carboxylic acids is 1. The maximum absolute atomic E-state index is 12.7. The molecule has 5 nitrogen and oxygen atoms in total. The van der Waals surface area contributed by atoms with Crippen LogP contribution in [0, 0.1) is 17.2 Å². The number of nitrogens with zero attached hydrogens (tertiary/aromatic N) is 3. The average Bonchev–Trinajstić information content (AvgIpc) is 3.08. The minimum absolute atomic E-state index is 0.0648. The van der Waals surface area contributed by atoms with Crippen molar-refractivity contribution in [3.63, 3.8) is 0 Å². The van der Waals surface area contributed by atoms with E-state index in [1.165, 1.54) is 11.3 Å². The number of carbonyl (C=O) groups is 1. The second kappa shape index (κ2) is 7.74. The van der Waals surface area contributed by atoms with Gasteiger partial charge in [-0.05, 0) is 30.4 Å². The van der Waals surface area contributed by atoms with E-state index in [9.17, 15) is 18.0 Å². The maximum atomic E-state index is 12.7. The lowest BCUT2D eigenvalue weighted by atomic mass is 9.96. The topological polar surface area (TPSA) is 69.0 Å². The van der Waals surface area contributed by atoms with E-state index in [-0.39, 0.29) is 22.7 Å². The number of hydrogen-bond donors (Lipinski definition) is 1. The van der Waals surface area contributed by atoms with Crippen LogP contribution in [0.25, 0.3) is 0 Å². The molecule has 3 rings (SSSR count). The molecule has 0 aromatic carbocycles. The van der Waals surface area contributed by atoms with E-state index >= 15 is 0 Å². The van der Waals surface area contributed by atoms with Gasteiger partial charge in [-0.1, -0.05) is 11.6 Å². The molecule has 10 heteroatoms. The predicted molar refractivity (Wildman–Crippen MR) is 96.8 cm³/mol. The molecule has 2 aromatic rings. The largest absolute Gasteiger partial charge is 0.417 e. The van der Waals surface area contributed by atoms with Crippen LogP contribution in [0.5, 0.6) is 0 Å². The molecule has 0 unspecified atom stereocenters. The van der Waals surface area contributed by atoms with Crippen LogP contribution in [0.15, 0.2) is 23.7 Å². The summed E-state index contributed by atoms with van der Waals surface area (Å²) in [6, 6.07) is 4.52. The van der Waals surface area contributed by atoms with E-state index < -0.39 is 11.7 Å². The zero-order valence-corrected chi connectivity index (χ0v) is 15.5. The zero-order chi connectivity index (χ0) is 19.6. The van der Waals surface area contributed by atoms with Gasteiger partial charge in [0.1, 0.15) is 16.9 Å². The highest BCUT2D eigenvalue weighted by molar-refractivity contribution is 7.14. The van der Waals surface area contributed by atoms with Crippen molar-refractivity contribution in [2.24, 2.45) is 5.92 Å². The molecule has 1 fully saturated rings. The quantitative estimate of drug-likeness (QED) is 0.800. The van der Waals surface area contributed by atoms with Crippen molar-refractivity contribution in [3.8, 4) is 6.07 Å². The SMILES string of the molecule is N#Cc1ccsc1NC(=O)C1CCN(c2ncc(C(F)(F)F)cc2Cl)CC1. The average molecular weight is 415 g/mol. The van der Waals surface area contributed by atoms with E-state index in [4.69, 9.17) is 16.9 Å². The highest BCUT2D eigenvalue weighted by Crippen LogP contribution is 2.35. The highest BCUT2D eigenvalue weighted by Gasteiger charge is 2.33. The summed E-state index contributed by atoms with van der Waals surface area (Å²) in [6.07, 6.45) is -2.71.